The molecule has 2 aromatic carbocycles. The smallest absolute Gasteiger partial charge is 0.0991 e. The number of rotatable bonds is 6. The third-order valence-corrected chi connectivity index (χ3v) is 6.32. The quantitative estimate of drug-likeness (QED) is 0.538. The van der Waals surface area contributed by atoms with Crippen molar-refractivity contribution in [2.75, 3.05) is 0 Å². The highest BCUT2D eigenvalue weighted by molar-refractivity contribution is 5.64. The van der Waals surface area contributed by atoms with Gasteiger partial charge in [0, 0.05) is 0 Å². The van der Waals surface area contributed by atoms with E-state index in [2.05, 4.69) is 44.2 Å². The maximum atomic E-state index is 8.93. The minimum atomic E-state index is 0.718. The molecule has 3 rings (SSSR count). The summed E-state index contributed by atoms with van der Waals surface area (Å²) in [5.74, 6) is 2.57. The molecule has 0 heterocycles. The molecule has 1 heteroatoms. The molecule has 26 heavy (non-hydrogen) atoms. The van der Waals surface area contributed by atoms with Gasteiger partial charge in [0.15, 0.2) is 0 Å². The van der Waals surface area contributed by atoms with Crippen LogP contribution in [0.1, 0.15) is 75.8 Å². The van der Waals surface area contributed by atoms with Crippen LogP contribution in [0.15, 0.2) is 48.5 Å². The third kappa shape index (κ3) is 4.55. The summed E-state index contributed by atoms with van der Waals surface area (Å²) in [4.78, 5) is 0. The van der Waals surface area contributed by atoms with Crippen LogP contribution in [0.25, 0.3) is 11.1 Å². The van der Waals surface area contributed by atoms with Crippen LogP contribution in [0.4, 0.5) is 0 Å². The van der Waals surface area contributed by atoms with Gasteiger partial charge in [0.1, 0.15) is 0 Å². The molecule has 1 atom stereocenters. The number of benzene rings is 2. The van der Waals surface area contributed by atoms with Crippen molar-refractivity contribution in [2.24, 2.45) is 11.8 Å². The second kappa shape index (κ2) is 9.04. The summed E-state index contributed by atoms with van der Waals surface area (Å²) >= 11 is 0. The predicted molar refractivity (Wildman–Crippen MR) is 110 cm³/mol. The highest BCUT2D eigenvalue weighted by Gasteiger charge is 2.25. The van der Waals surface area contributed by atoms with Gasteiger partial charge in [0.2, 0.25) is 0 Å². The number of nitrogens with zero attached hydrogens (tertiary/aromatic N) is 1. The number of hydrogen-bond donors (Lipinski definition) is 0. The standard InChI is InChI=1S/C25H31N/c1-3-4-5-19(2)21-10-12-23(13-11-21)25-16-14-24(15-17-25)22-8-6-20(18-26)7-9-22/h6-9,14-17,19,21,23H,3-5,10-13H2,1-2H3/t19?,21-,23-. The highest BCUT2D eigenvalue weighted by atomic mass is 14.3. The van der Waals surface area contributed by atoms with Crippen LogP contribution < -0.4 is 0 Å². The Morgan fingerprint density at radius 2 is 1.50 bits per heavy atom. The molecule has 0 bridgehead atoms. The molecular weight excluding hydrogens is 314 g/mol. The van der Waals surface area contributed by atoms with Crippen LogP contribution in [0.3, 0.4) is 0 Å². The number of nitriles is 1. The SMILES string of the molecule is CCCCC(C)[C@H]1CC[C@H](c2ccc(-c3ccc(C#N)cc3)cc2)CC1. The van der Waals surface area contributed by atoms with Gasteiger partial charge in [-0.15, -0.1) is 0 Å². The summed E-state index contributed by atoms with van der Waals surface area (Å²) < 4.78 is 0. The lowest BCUT2D eigenvalue weighted by molar-refractivity contribution is 0.232. The zero-order valence-corrected chi connectivity index (χ0v) is 16.2. The first-order chi connectivity index (χ1) is 12.7. The summed E-state index contributed by atoms with van der Waals surface area (Å²) in [7, 11) is 0. The predicted octanol–water partition coefficient (Wildman–Crippen LogP) is 7.33. The third-order valence-electron chi connectivity index (χ3n) is 6.32. The molecule has 0 aliphatic heterocycles. The van der Waals surface area contributed by atoms with Gasteiger partial charge in [-0.3, -0.25) is 0 Å². The van der Waals surface area contributed by atoms with Crippen LogP contribution in [-0.2, 0) is 0 Å². The summed E-state index contributed by atoms with van der Waals surface area (Å²) in [6.07, 6.45) is 9.60. The van der Waals surface area contributed by atoms with Crippen molar-refractivity contribution in [2.45, 2.75) is 64.7 Å². The first-order valence-corrected chi connectivity index (χ1v) is 10.3. The van der Waals surface area contributed by atoms with Crippen molar-refractivity contribution in [3.8, 4) is 17.2 Å². The maximum absolute atomic E-state index is 8.93. The first-order valence-electron chi connectivity index (χ1n) is 10.3. The second-order valence-electron chi connectivity index (χ2n) is 8.04. The van der Waals surface area contributed by atoms with Crippen molar-refractivity contribution in [3.63, 3.8) is 0 Å². The second-order valence-corrected chi connectivity index (χ2v) is 8.04. The van der Waals surface area contributed by atoms with E-state index in [1.807, 2.05) is 24.3 Å². The van der Waals surface area contributed by atoms with E-state index in [4.69, 9.17) is 5.26 Å². The normalized spacial score (nSPS) is 21.1. The van der Waals surface area contributed by atoms with Crippen LogP contribution >= 0.6 is 0 Å². The highest BCUT2D eigenvalue weighted by Crippen LogP contribution is 2.40. The van der Waals surface area contributed by atoms with Crippen LogP contribution in [0, 0.1) is 23.2 Å². The van der Waals surface area contributed by atoms with Crippen LogP contribution in [-0.4, -0.2) is 0 Å². The van der Waals surface area contributed by atoms with E-state index < -0.39 is 0 Å². The van der Waals surface area contributed by atoms with Crippen molar-refractivity contribution in [1.82, 2.24) is 0 Å². The fraction of sp³-hybridized carbons (Fsp3) is 0.480. The van der Waals surface area contributed by atoms with Crippen molar-refractivity contribution < 1.29 is 0 Å². The van der Waals surface area contributed by atoms with E-state index in [9.17, 15) is 0 Å². The summed E-state index contributed by atoms with van der Waals surface area (Å²) in [5, 5.41) is 8.93. The Kier molecular flexibility index (Phi) is 6.51. The van der Waals surface area contributed by atoms with Gasteiger partial charge in [-0.1, -0.05) is 69.5 Å². The molecule has 136 valence electrons. The van der Waals surface area contributed by atoms with Gasteiger partial charge in [-0.25, -0.2) is 0 Å². The molecule has 0 aromatic heterocycles. The molecule has 1 saturated carbocycles. The fourth-order valence-corrected chi connectivity index (χ4v) is 4.47. The molecule has 2 aromatic rings. The van der Waals surface area contributed by atoms with Crippen LogP contribution in [0.5, 0.6) is 0 Å². The maximum Gasteiger partial charge on any atom is 0.0991 e. The van der Waals surface area contributed by atoms with Crippen molar-refractivity contribution in [3.05, 3.63) is 59.7 Å². The lowest BCUT2D eigenvalue weighted by Crippen LogP contribution is -2.19. The van der Waals surface area contributed by atoms with Crippen LogP contribution in [0.2, 0.25) is 0 Å². The molecule has 0 radical (unpaired) electrons. The van der Waals surface area contributed by atoms with Gasteiger partial charge in [-0.2, -0.15) is 5.26 Å². The van der Waals surface area contributed by atoms with E-state index in [0.29, 0.717) is 0 Å². The molecule has 0 saturated heterocycles. The molecular formula is C25H31N. The largest absolute Gasteiger partial charge is 0.192 e. The Balaban J connectivity index is 1.58. The summed E-state index contributed by atoms with van der Waals surface area (Å²) in [6.45, 7) is 4.76. The molecule has 1 unspecified atom stereocenters. The van der Waals surface area contributed by atoms with E-state index in [1.165, 1.54) is 61.6 Å². The first kappa shape index (κ1) is 18.7. The molecule has 1 fully saturated rings. The minimum absolute atomic E-state index is 0.718. The zero-order chi connectivity index (χ0) is 18.4. The molecule has 1 aliphatic rings. The van der Waals surface area contributed by atoms with Gasteiger partial charge in [0.05, 0.1) is 11.6 Å². The number of hydrogen-bond acceptors (Lipinski definition) is 1. The Labute approximate surface area is 159 Å². The monoisotopic (exact) mass is 345 g/mol. The van der Waals surface area contributed by atoms with E-state index in [1.54, 1.807) is 0 Å². The van der Waals surface area contributed by atoms with E-state index in [0.717, 1.165) is 23.3 Å². The average molecular weight is 346 g/mol. The fourth-order valence-electron chi connectivity index (χ4n) is 4.47. The van der Waals surface area contributed by atoms with Gasteiger partial charge >= 0.3 is 0 Å². The molecule has 0 amide bonds. The topological polar surface area (TPSA) is 23.8 Å². The van der Waals surface area contributed by atoms with Gasteiger partial charge in [-0.05, 0) is 72.3 Å². The molecule has 1 aliphatic carbocycles. The summed E-state index contributed by atoms with van der Waals surface area (Å²) in [6, 6.07) is 19.2. The van der Waals surface area contributed by atoms with Crippen molar-refractivity contribution >= 4 is 0 Å². The number of unbranched alkanes of at least 4 members (excludes halogenated alkanes) is 1. The van der Waals surface area contributed by atoms with Gasteiger partial charge in [0.25, 0.3) is 0 Å². The van der Waals surface area contributed by atoms with E-state index >= 15 is 0 Å². The lowest BCUT2D eigenvalue weighted by atomic mass is 9.73. The Morgan fingerprint density at radius 1 is 0.923 bits per heavy atom. The Bertz CT molecular complexity index is 712. The average Bonchev–Trinajstić information content (AvgIpc) is 2.72. The molecule has 0 spiro atoms. The van der Waals surface area contributed by atoms with E-state index in [-0.39, 0.29) is 0 Å². The zero-order valence-electron chi connectivity index (χ0n) is 16.2. The Morgan fingerprint density at radius 3 is 2.04 bits per heavy atom. The lowest BCUT2D eigenvalue weighted by Gasteiger charge is -2.32. The molecule has 0 N–H and O–H groups in total. The molecule has 1 nitrogen and oxygen atoms in total. The summed E-state index contributed by atoms with van der Waals surface area (Å²) in [5.41, 5.74) is 4.64. The Hall–Kier alpha value is -2.07. The van der Waals surface area contributed by atoms with Crippen molar-refractivity contribution in [1.29, 1.82) is 5.26 Å². The minimum Gasteiger partial charge on any atom is -0.192 e. The van der Waals surface area contributed by atoms with Gasteiger partial charge < -0.3 is 0 Å².